The van der Waals surface area contributed by atoms with Crippen molar-refractivity contribution in [3.63, 3.8) is 0 Å². The average Bonchev–Trinajstić information content (AvgIpc) is 2.55. The van der Waals surface area contributed by atoms with E-state index in [1.807, 2.05) is 37.3 Å². The third-order valence-electron chi connectivity index (χ3n) is 3.94. The maximum atomic E-state index is 12.6. The lowest BCUT2D eigenvalue weighted by molar-refractivity contribution is 0.185. The minimum atomic E-state index is -3.71. The molecule has 0 aromatic heterocycles. The summed E-state index contributed by atoms with van der Waals surface area (Å²) in [6, 6.07) is 13.1. The lowest BCUT2D eigenvalue weighted by Crippen LogP contribution is -2.52. The Labute approximate surface area is 163 Å². The van der Waals surface area contributed by atoms with E-state index >= 15 is 0 Å². The number of rotatable bonds is 7. The molecule has 0 bridgehead atoms. The van der Waals surface area contributed by atoms with Crippen LogP contribution in [0.1, 0.15) is 25.8 Å². The zero-order valence-corrected chi connectivity index (χ0v) is 17.5. The second-order valence-electron chi connectivity index (χ2n) is 6.14. The molecule has 0 aliphatic carbocycles. The monoisotopic (exact) mass is 474 g/mol. The predicted octanol–water partition coefficient (Wildman–Crippen LogP) is 3.47. The highest BCUT2D eigenvalue weighted by Crippen LogP contribution is 2.28. The summed E-state index contributed by atoms with van der Waals surface area (Å²) in [5.41, 5.74) is 7.73. The highest BCUT2D eigenvalue weighted by Gasteiger charge is 2.25. The molecule has 2 aromatic carbocycles. The zero-order chi connectivity index (χ0) is 18.7. The van der Waals surface area contributed by atoms with Crippen LogP contribution >= 0.6 is 22.6 Å². The summed E-state index contributed by atoms with van der Waals surface area (Å²) in [5.74, 6) is 0. The molecule has 2 rings (SSSR count). The molecule has 0 fully saturated rings. The average molecular weight is 474 g/mol. The van der Waals surface area contributed by atoms with Gasteiger partial charge in [-0.15, -0.1) is 0 Å². The first kappa shape index (κ1) is 20.3. The molecule has 136 valence electrons. The normalized spacial score (nSPS) is 14.3. The van der Waals surface area contributed by atoms with Crippen LogP contribution in [-0.4, -0.2) is 21.2 Å². The summed E-state index contributed by atoms with van der Waals surface area (Å²) >= 11 is 2.25. The topological polar surface area (TPSA) is 81.4 Å². The summed E-state index contributed by atoms with van der Waals surface area (Å²) in [6.07, 6.45) is 0.484. The molecule has 25 heavy (non-hydrogen) atoms. The zero-order valence-electron chi connectivity index (χ0n) is 14.5. The van der Waals surface area contributed by atoms with Gasteiger partial charge in [-0.1, -0.05) is 25.1 Å². The SMILES string of the molecule is CCC(C)(N)NS(=O)(=O)c1ccc(-c2ccc(I)cc2)c(COC)c1. The second-order valence-corrected chi connectivity index (χ2v) is 9.06. The van der Waals surface area contributed by atoms with Gasteiger partial charge in [0.2, 0.25) is 10.0 Å². The van der Waals surface area contributed by atoms with Gasteiger partial charge in [0, 0.05) is 10.7 Å². The van der Waals surface area contributed by atoms with Crippen LogP contribution in [0, 0.1) is 3.57 Å². The molecule has 0 saturated heterocycles. The third-order valence-corrected chi connectivity index (χ3v) is 6.27. The van der Waals surface area contributed by atoms with Crippen LogP contribution in [0.5, 0.6) is 0 Å². The number of benzene rings is 2. The Morgan fingerprint density at radius 1 is 1.20 bits per heavy atom. The first-order chi connectivity index (χ1) is 11.7. The van der Waals surface area contributed by atoms with Gasteiger partial charge in [0.25, 0.3) is 0 Å². The van der Waals surface area contributed by atoms with E-state index in [1.165, 1.54) is 0 Å². The van der Waals surface area contributed by atoms with Gasteiger partial charge in [-0.25, -0.2) is 8.42 Å². The lowest BCUT2D eigenvalue weighted by atomic mass is 10.0. The van der Waals surface area contributed by atoms with Crippen molar-refractivity contribution in [2.24, 2.45) is 5.73 Å². The number of methoxy groups -OCH3 is 1. The number of halogens is 1. The lowest BCUT2D eigenvalue weighted by Gasteiger charge is -2.24. The molecule has 7 heteroatoms. The molecule has 3 N–H and O–H groups in total. The van der Waals surface area contributed by atoms with Crippen molar-refractivity contribution >= 4 is 32.6 Å². The highest BCUT2D eigenvalue weighted by atomic mass is 127. The summed E-state index contributed by atoms with van der Waals surface area (Å²) in [7, 11) is -2.12. The van der Waals surface area contributed by atoms with E-state index in [9.17, 15) is 8.42 Å². The summed E-state index contributed by atoms with van der Waals surface area (Å²) in [5, 5.41) is 0. The van der Waals surface area contributed by atoms with Gasteiger partial charge in [-0.05, 0) is 76.9 Å². The number of hydrogen-bond donors (Lipinski definition) is 2. The first-order valence-electron chi connectivity index (χ1n) is 7.89. The van der Waals surface area contributed by atoms with Crippen LogP contribution in [0.4, 0.5) is 0 Å². The van der Waals surface area contributed by atoms with Crippen LogP contribution in [0.3, 0.4) is 0 Å². The van der Waals surface area contributed by atoms with Gasteiger partial charge in [0.05, 0.1) is 17.2 Å². The number of sulfonamides is 1. The van der Waals surface area contributed by atoms with Gasteiger partial charge in [0.1, 0.15) is 0 Å². The molecular formula is C18H23IN2O3S. The molecule has 0 saturated carbocycles. The molecular weight excluding hydrogens is 451 g/mol. The van der Waals surface area contributed by atoms with Gasteiger partial charge < -0.3 is 10.5 Å². The Morgan fingerprint density at radius 3 is 2.40 bits per heavy atom. The van der Waals surface area contributed by atoms with Crippen LogP contribution in [0.15, 0.2) is 47.4 Å². The number of hydrogen-bond acceptors (Lipinski definition) is 4. The highest BCUT2D eigenvalue weighted by molar-refractivity contribution is 14.1. The van der Waals surface area contributed by atoms with E-state index in [0.717, 1.165) is 20.3 Å². The molecule has 1 unspecified atom stereocenters. The quantitative estimate of drug-likeness (QED) is 0.476. The smallest absolute Gasteiger partial charge is 0.242 e. The number of nitrogens with two attached hydrogens (primary N) is 1. The van der Waals surface area contributed by atoms with Crippen molar-refractivity contribution < 1.29 is 13.2 Å². The molecule has 0 spiro atoms. The fourth-order valence-corrected chi connectivity index (χ4v) is 4.14. The Morgan fingerprint density at radius 2 is 1.84 bits per heavy atom. The largest absolute Gasteiger partial charge is 0.380 e. The molecule has 0 amide bonds. The van der Waals surface area contributed by atoms with Gasteiger partial charge in [-0.2, -0.15) is 4.72 Å². The standard InChI is InChI=1S/C18H23IN2O3S/c1-4-18(2,20)21-25(22,23)16-9-10-17(14(11-16)12-24-3)13-5-7-15(19)8-6-13/h5-11,21H,4,12,20H2,1-3H3. The maximum Gasteiger partial charge on any atom is 0.242 e. The molecule has 5 nitrogen and oxygen atoms in total. The van der Waals surface area contributed by atoms with E-state index in [-0.39, 0.29) is 4.90 Å². The predicted molar refractivity (Wildman–Crippen MR) is 109 cm³/mol. The second kappa shape index (κ2) is 8.13. The van der Waals surface area contributed by atoms with E-state index in [0.29, 0.717) is 13.0 Å². The van der Waals surface area contributed by atoms with E-state index in [1.54, 1.807) is 26.2 Å². The fourth-order valence-electron chi connectivity index (χ4n) is 2.36. The first-order valence-corrected chi connectivity index (χ1v) is 10.5. The summed E-state index contributed by atoms with van der Waals surface area (Å²) in [4.78, 5) is 0.180. The Bertz CT molecular complexity index is 834. The van der Waals surface area contributed by atoms with Gasteiger partial charge in [-0.3, -0.25) is 0 Å². The fraction of sp³-hybridized carbons (Fsp3) is 0.333. The van der Waals surface area contributed by atoms with Crippen molar-refractivity contribution in [2.75, 3.05) is 7.11 Å². The van der Waals surface area contributed by atoms with Gasteiger partial charge in [0.15, 0.2) is 0 Å². The Balaban J connectivity index is 2.46. The van der Waals surface area contributed by atoms with Crippen molar-refractivity contribution in [1.29, 1.82) is 0 Å². The van der Waals surface area contributed by atoms with Crippen molar-refractivity contribution in [1.82, 2.24) is 4.72 Å². The molecule has 0 aliphatic heterocycles. The summed E-state index contributed by atoms with van der Waals surface area (Å²) < 4.78 is 34.2. The Kier molecular flexibility index (Phi) is 6.61. The molecule has 0 aliphatic rings. The van der Waals surface area contributed by atoms with Crippen LogP contribution in [0.2, 0.25) is 0 Å². The van der Waals surface area contributed by atoms with Crippen molar-refractivity contribution in [2.45, 2.75) is 37.4 Å². The van der Waals surface area contributed by atoms with Gasteiger partial charge >= 0.3 is 0 Å². The number of nitrogens with one attached hydrogen (secondary N) is 1. The van der Waals surface area contributed by atoms with Crippen LogP contribution < -0.4 is 10.5 Å². The van der Waals surface area contributed by atoms with Crippen LogP contribution in [-0.2, 0) is 21.4 Å². The Hall–Kier alpha value is -1.00. The molecule has 0 heterocycles. The minimum Gasteiger partial charge on any atom is -0.380 e. The summed E-state index contributed by atoms with van der Waals surface area (Å²) in [6.45, 7) is 3.80. The van der Waals surface area contributed by atoms with E-state index in [4.69, 9.17) is 10.5 Å². The maximum absolute atomic E-state index is 12.6. The molecule has 2 aromatic rings. The van der Waals surface area contributed by atoms with E-state index in [2.05, 4.69) is 27.3 Å². The van der Waals surface area contributed by atoms with Crippen LogP contribution in [0.25, 0.3) is 11.1 Å². The van der Waals surface area contributed by atoms with Crippen molar-refractivity contribution in [3.05, 3.63) is 51.6 Å². The van der Waals surface area contributed by atoms with E-state index < -0.39 is 15.7 Å². The molecule has 0 radical (unpaired) electrons. The third kappa shape index (κ3) is 5.24. The number of ether oxygens (including phenoxy) is 1. The minimum absolute atomic E-state index is 0.180. The van der Waals surface area contributed by atoms with Crippen molar-refractivity contribution in [3.8, 4) is 11.1 Å². The molecule has 1 atom stereocenters.